The van der Waals surface area contributed by atoms with Crippen molar-refractivity contribution in [2.24, 2.45) is 4.99 Å². The average molecular weight is 647 g/mol. The molecule has 3 N–H and O–H groups in total. The summed E-state index contributed by atoms with van der Waals surface area (Å²) in [5.74, 6) is -0.603. The van der Waals surface area contributed by atoms with Gasteiger partial charge in [-0.3, -0.25) is 14.5 Å². The summed E-state index contributed by atoms with van der Waals surface area (Å²) in [5.41, 5.74) is 5.30. The molecule has 5 aromatic rings. The molecule has 2 amide bonds. The number of halogens is 1. The van der Waals surface area contributed by atoms with Crippen molar-refractivity contribution in [1.29, 1.82) is 0 Å². The summed E-state index contributed by atoms with van der Waals surface area (Å²) in [4.78, 5) is 39.5. The first-order valence-electron chi connectivity index (χ1n) is 16.0. The van der Waals surface area contributed by atoms with E-state index in [1.165, 1.54) is 12.1 Å². The zero-order valence-corrected chi connectivity index (χ0v) is 27.1. The van der Waals surface area contributed by atoms with Crippen LogP contribution in [0.2, 0.25) is 0 Å². The molecule has 1 aliphatic heterocycles. The number of hydrogen-bond donors (Lipinski definition) is 3. The standard InChI is InChI=1S/C38H39FN6O3/c1-43-18-20-45(21-19-43)25-35(47)44(2)31-15-13-30(14-16-31)41-37(36-32-17-12-29(39)23-33(32)42-38(36)48)28-10-8-27(9-11-28)24-40-34(46)22-26-6-4-3-5-7-26/h3-17,23,42,48H,18-22,24-25H2,1-2H3,(H,40,46). The van der Waals surface area contributed by atoms with Gasteiger partial charge in [-0.2, -0.15) is 0 Å². The van der Waals surface area contributed by atoms with Crippen molar-refractivity contribution in [2.75, 3.05) is 51.7 Å². The van der Waals surface area contributed by atoms with Gasteiger partial charge in [0.1, 0.15) is 5.82 Å². The Labute approximate surface area is 279 Å². The summed E-state index contributed by atoms with van der Waals surface area (Å²) in [6, 6.07) is 28.8. The molecule has 0 saturated carbocycles. The first-order valence-corrected chi connectivity index (χ1v) is 16.0. The first kappa shape index (κ1) is 32.6. The lowest BCUT2D eigenvalue weighted by Gasteiger charge is -2.32. The van der Waals surface area contributed by atoms with Crippen molar-refractivity contribution < 1.29 is 19.1 Å². The summed E-state index contributed by atoms with van der Waals surface area (Å²) in [6.45, 7) is 4.34. The van der Waals surface area contributed by atoms with Crippen molar-refractivity contribution in [1.82, 2.24) is 20.1 Å². The highest BCUT2D eigenvalue weighted by atomic mass is 19.1. The van der Waals surface area contributed by atoms with Gasteiger partial charge < -0.3 is 25.2 Å². The molecule has 1 saturated heterocycles. The van der Waals surface area contributed by atoms with E-state index >= 15 is 0 Å². The number of nitrogens with zero attached hydrogens (tertiary/aromatic N) is 4. The van der Waals surface area contributed by atoms with E-state index in [-0.39, 0.29) is 17.7 Å². The van der Waals surface area contributed by atoms with Crippen LogP contribution in [0.4, 0.5) is 15.8 Å². The fraction of sp³-hybridized carbons (Fsp3) is 0.237. The van der Waals surface area contributed by atoms with E-state index in [9.17, 15) is 19.1 Å². The molecule has 1 fully saturated rings. The number of carbonyl (C=O) groups excluding carboxylic acids is 2. The normalized spacial score (nSPS) is 14.3. The van der Waals surface area contributed by atoms with E-state index in [4.69, 9.17) is 4.99 Å². The minimum atomic E-state index is -0.422. The Balaban J connectivity index is 1.23. The van der Waals surface area contributed by atoms with Gasteiger partial charge in [-0.15, -0.1) is 0 Å². The number of aromatic hydroxyl groups is 1. The van der Waals surface area contributed by atoms with Gasteiger partial charge in [-0.25, -0.2) is 9.38 Å². The van der Waals surface area contributed by atoms with E-state index < -0.39 is 5.82 Å². The molecule has 0 radical (unpaired) electrons. The molecule has 0 bridgehead atoms. The quantitative estimate of drug-likeness (QED) is 0.180. The first-order chi connectivity index (χ1) is 23.2. The molecular weight excluding hydrogens is 607 g/mol. The molecule has 4 aromatic carbocycles. The van der Waals surface area contributed by atoms with Crippen LogP contribution in [0.1, 0.15) is 22.3 Å². The fourth-order valence-corrected chi connectivity index (χ4v) is 5.81. The lowest BCUT2D eigenvalue weighted by atomic mass is 9.99. The van der Waals surface area contributed by atoms with Gasteiger partial charge in [-0.1, -0.05) is 54.6 Å². The van der Waals surface area contributed by atoms with E-state index in [0.29, 0.717) is 47.4 Å². The molecular formula is C38H39FN6O3. The van der Waals surface area contributed by atoms with Gasteiger partial charge in [0.25, 0.3) is 0 Å². The second kappa shape index (κ2) is 14.6. The van der Waals surface area contributed by atoms with Crippen molar-refractivity contribution in [3.8, 4) is 5.88 Å². The van der Waals surface area contributed by atoms with E-state index in [2.05, 4.69) is 27.1 Å². The van der Waals surface area contributed by atoms with Crippen LogP contribution >= 0.6 is 0 Å². The summed E-state index contributed by atoms with van der Waals surface area (Å²) in [5, 5.41) is 14.6. The molecule has 48 heavy (non-hydrogen) atoms. The molecule has 0 atom stereocenters. The molecule has 2 heterocycles. The predicted octanol–water partition coefficient (Wildman–Crippen LogP) is 5.25. The van der Waals surface area contributed by atoms with Gasteiger partial charge >= 0.3 is 0 Å². The van der Waals surface area contributed by atoms with Gasteiger partial charge in [0.15, 0.2) is 5.88 Å². The molecule has 0 unspecified atom stereocenters. The zero-order chi connectivity index (χ0) is 33.6. The maximum absolute atomic E-state index is 14.1. The Morgan fingerprint density at radius 1 is 0.917 bits per heavy atom. The van der Waals surface area contributed by atoms with E-state index in [0.717, 1.165) is 48.6 Å². The van der Waals surface area contributed by atoms with Gasteiger partial charge in [0, 0.05) is 56.4 Å². The smallest absolute Gasteiger partial charge is 0.240 e. The number of rotatable bonds is 10. The number of aliphatic imine (C=N–C) groups is 1. The topological polar surface area (TPSA) is 104 Å². The molecule has 9 nitrogen and oxygen atoms in total. The number of benzene rings is 4. The van der Waals surface area contributed by atoms with Crippen LogP contribution in [0, 0.1) is 5.82 Å². The van der Waals surface area contributed by atoms with Gasteiger partial charge in [-0.05, 0) is 60.6 Å². The van der Waals surface area contributed by atoms with Crippen LogP contribution in [-0.2, 0) is 22.6 Å². The summed E-state index contributed by atoms with van der Waals surface area (Å²) in [7, 11) is 3.86. The van der Waals surface area contributed by atoms with Gasteiger partial charge in [0.2, 0.25) is 11.8 Å². The number of piperazine rings is 1. The van der Waals surface area contributed by atoms with E-state index in [1.807, 2.05) is 78.9 Å². The van der Waals surface area contributed by atoms with Crippen LogP contribution in [0.25, 0.3) is 10.9 Å². The monoisotopic (exact) mass is 646 g/mol. The molecule has 0 spiro atoms. The third-order valence-corrected chi connectivity index (χ3v) is 8.71. The molecule has 0 aliphatic carbocycles. The Morgan fingerprint density at radius 2 is 1.62 bits per heavy atom. The van der Waals surface area contributed by atoms with Crippen molar-refractivity contribution in [2.45, 2.75) is 13.0 Å². The Bertz CT molecular complexity index is 1910. The number of anilines is 1. The Kier molecular flexibility index (Phi) is 9.94. The summed E-state index contributed by atoms with van der Waals surface area (Å²) >= 11 is 0. The lowest BCUT2D eigenvalue weighted by molar-refractivity contribution is -0.121. The molecule has 6 rings (SSSR count). The Morgan fingerprint density at radius 3 is 2.33 bits per heavy atom. The number of carbonyl (C=O) groups is 2. The van der Waals surface area contributed by atoms with Crippen LogP contribution in [0.15, 0.2) is 102 Å². The lowest BCUT2D eigenvalue weighted by Crippen LogP contribution is -2.48. The molecule has 1 aromatic heterocycles. The average Bonchev–Trinajstić information content (AvgIpc) is 3.42. The van der Waals surface area contributed by atoms with Crippen LogP contribution < -0.4 is 10.2 Å². The zero-order valence-electron chi connectivity index (χ0n) is 27.1. The molecule has 246 valence electrons. The molecule has 10 heteroatoms. The van der Waals surface area contributed by atoms with Crippen molar-refractivity contribution in [3.63, 3.8) is 0 Å². The molecule has 1 aliphatic rings. The highest BCUT2D eigenvalue weighted by Gasteiger charge is 2.21. The number of nitrogens with one attached hydrogen (secondary N) is 2. The minimum absolute atomic E-state index is 0.0174. The number of H-pyrrole nitrogens is 1. The highest BCUT2D eigenvalue weighted by molar-refractivity contribution is 6.21. The SMILES string of the molecule is CN1CCN(CC(=O)N(C)c2ccc(N=C(c3ccc(CNC(=O)Cc4ccccc4)cc3)c3c(O)[nH]c4cc(F)ccc34)cc2)CC1. The maximum atomic E-state index is 14.1. The van der Waals surface area contributed by atoms with Crippen LogP contribution in [-0.4, -0.2) is 84.2 Å². The second-order valence-electron chi connectivity index (χ2n) is 12.2. The number of hydrogen-bond acceptors (Lipinski definition) is 6. The van der Waals surface area contributed by atoms with Crippen LogP contribution in [0.3, 0.4) is 0 Å². The minimum Gasteiger partial charge on any atom is -0.494 e. The third kappa shape index (κ3) is 7.79. The Hall–Kier alpha value is -5.32. The largest absolute Gasteiger partial charge is 0.494 e. The predicted molar refractivity (Wildman–Crippen MR) is 187 cm³/mol. The second-order valence-corrected chi connectivity index (χ2v) is 12.2. The number of aromatic nitrogens is 1. The fourth-order valence-electron chi connectivity index (χ4n) is 5.81. The number of amides is 2. The van der Waals surface area contributed by atoms with Gasteiger partial charge in [0.05, 0.1) is 35.4 Å². The summed E-state index contributed by atoms with van der Waals surface area (Å²) < 4.78 is 14.1. The third-order valence-electron chi connectivity index (χ3n) is 8.71. The summed E-state index contributed by atoms with van der Waals surface area (Å²) in [6.07, 6.45) is 0.301. The van der Waals surface area contributed by atoms with Crippen LogP contribution in [0.5, 0.6) is 5.88 Å². The van der Waals surface area contributed by atoms with Crippen molar-refractivity contribution >= 4 is 39.8 Å². The van der Waals surface area contributed by atoms with E-state index in [1.54, 1.807) is 18.0 Å². The maximum Gasteiger partial charge on any atom is 0.240 e. The number of aromatic amines is 1. The number of fused-ring (bicyclic) bond motifs is 1. The number of likely N-dealkylation sites (N-methyl/N-ethyl adjacent to an activating group) is 2. The highest BCUT2D eigenvalue weighted by Crippen LogP contribution is 2.32. The van der Waals surface area contributed by atoms with Crippen molar-refractivity contribution in [3.05, 3.63) is 125 Å².